The van der Waals surface area contributed by atoms with Crippen LogP contribution in [0, 0.1) is 0 Å². The molecule has 0 aliphatic rings. The molecule has 0 heterocycles. The van der Waals surface area contributed by atoms with Gasteiger partial charge < -0.3 is 4.74 Å². The van der Waals surface area contributed by atoms with Crippen LogP contribution in [0.4, 0.5) is 19.4 Å². The first-order chi connectivity index (χ1) is 7.87. The molecule has 8 heteroatoms. The van der Waals surface area contributed by atoms with Crippen LogP contribution in [-0.2, 0) is 0 Å². The molecule has 1 aromatic rings. The first-order valence-corrected chi connectivity index (χ1v) is 6.79. The molecule has 1 rings (SSSR count). The van der Waals surface area contributed by atoms with Gasteiger partial charge in [0.05, 0.1) is 7.11 Å². The molecule has 0 N–H and O–H groups in total. The van der Waals surface area contributed by atoms with Gasteiger partial charge in [0, 0.05) is 18.1 Å². The Labute approximate surface area is 100 Å². The zero-order chi connectivity index (χ0) is 14.3. The van der Waals surface area contributed by atoms with E-state index in [2.05, 4.69) is 4.74 Å². The Kier molecular flexibility index (Phi) is 2.95. The molecule has 0 atom stereocenters. The third-order valence-corrected chi connectivity index (χ3v) is 3.33. The summed E-state index contributed by atoms with van der Waals surface area (Å²) in [4.78, 5) is 9.20. The highest BCUT2D eigenvalue weighted by atomic mass is 32.5. The minimum absolute atomic E-state index is 0.0904. The predicted molar refractivity (Wildman–Crippen MR) is 59.0 cm³/mol. The lowest BCUT2D eigenvalue weighted by molar-refractivity contribution is 0.0987. The van der Waals surface area contributed by atoms with Crippen LogP contribution in [0.5, 0.6) is 5.75 Å². The molecule has 0 saturated heterocycles. The molecule has 104 valence electrons. The van der Waals surface area contributed by atoms with Crippen LogP contribution in [0.2, 0.25) is 0 Å². The van der Waals surface area contributed by atoms with Gasteiger partial charge in [0.2, 0.25) is 0 Å². The maximum Gasteiger partial charge on any atom is 0.310 e. The van der Waals surface area contributed by atoms with Crippen LogP contribution in [0.25, 0.3) is 0 Å². The second-order valence-electron chi connectivity index (χ2n) is 3.64. The number of carbonyl (C=O) groups is 1. The number of methoxy groups -OCH3 is 1. The summed E-state index contributed by atoms with van der Waals surface area (Å²) in [5.41, 5.74) is -0.444. The van der Waals surface area contributed by atoms with E-state index in [0.717, 1.165) is 13.2 Å². The summed E-state index contributed by atoms with van der Waals surface area (Å²) in [6.07, 6.45) is -0.0904. The number of Topliss-reactive ketones (excluding diaryl/α,β-unsaturated/α-hetero) is 1. The molecule has 0 bridgehead atoms. The molecule has 2 nitrogen and oxygen atoms in total. The van der Waals surface area contributed by atoms with Gasteiger partial charge in [0.15, 0.2) is 5.78 Å². The Morgan fingerprint density at radius 2 is 1.72 bits per heavy atom. The first-order valence-electron chi connectivity index (χ1n) is 4.83. The normalized spacial score (nSPS) is 15.7. The summed E-state index contributed by atoms with van der Waals surface area (Å²) in [6, 6.07) is 1.35. The molecule has 0 fully saturated rings. The van der Waals surface area contributed by atoms with E-state index in [1.165, 1.54) is 6.92 Å². The molecule has 0 aliphatic heterocycles. The van der Waals surface area contributed by atoms with Crippen molar-refractivity contribution in [3.05, 3.63) is 23.8 Å². The number of halogens is 5. The number of ether oxygens (including phenoxy) is 1. The highest BCUT2D eigenvalue weighted by molar-refractivity contribution is 8.45. The SMILES string of the molecule is CCC(=O)c1cc(OC)cc(S(F)(F)(F)(F)F)c1. The van der Waals surface area contributed by atoms with E-state index in [1.807, 2.05) is 0 Å². The van der Waals surface area contributed by atoms with Crippen LogP contribution in [0.15, 0.2) is 23.1 Å². The van der Waals surface area contributed by atoms with Gasteiger partial charge in [-0.15, -0.1) is 0 Å². The van der Waals surface area contributed by atoms with E-state index in [0.29, 0.717) is 0 Å². The summed E-state index contributed by atoms with van der Waals surface area (Å²) < 4.78 is 67.7. The van der Waals surface area contributed by atoms with Crippen LogP contribution in [0.3, 0.4) is 0 Å². The molecule has 1 aromatic carbocycles. The van der Waals surface area contributed by atoms with Crippen molar-refractivity contribution in [2.24, 2.45) is 0 Å². The van der Waals surface area contributed by atoms with Gasteiger partial charge in [0.25, 0.3) is 0 Å². The Morgan fingerprint density at radius 3 is 2.11 bits per heavy atom. The quantitative estimate of drug-likeness (QED) is 0.579. The average Bonchev–Trinajstić information content (AvgIpc) is 2.24. The van der Waals surface area contributed by atoms with Crippen LogP contribution in [0.1, 0.15) is 23.7 Å². The summed E-state index contributed by atoms with van der Waals surface area (Å²) in [5.74, 6) is -1.10. The van der Waals surface area contributed by atoms with Crippen LogP contribution >= 0.6 is 10.2 Å². The molecule has 0 aliphatic carbocycles. The van der Waals surface area contributed by atoms with Gasteiger partial charge >= 0.3 is 10.2 Å². The monoisotopic (exact) mass is 290 g/mol. The molecular weight excluding hydrogens is 279 g/mol. The summed E-state index contributed by atoms with van der Waals surface area (Å²) in [7, 11) is -8.78. The minimum Gasteiger partial charge on any atom is -0.497 e. The number of benzene rings is 1. The van der Waals surface area contributed by atoms with Crippen molar-refractivity contribution in [3.63, 3.8) is 0 Å². The zero-order valence-corrected chi connectivity index (χ0v) is 10.4. The summed E-state index contributed by atoms with van der Waals surface area (Å²) in [6.45, 7) is 1.42. The molecule has 0 radical (unpaired) electrons. The molecule has 0 saturated carbocycles. The van der Waals surface area contributed by atoms with Gasteiger partial charge in [-0.1, -0.05) is 26.4 Å². The van der Waals surface area contributed by atoms with Crippen molar-refractivity contribution in [3.8, 4) is 5.75 Å². The van der Waals surface area contributed by atoms with Crippen molar-refractivity contribution in [1.82, 2.24) is 0 Å². The van der Waals surface area contributed by atoms with Crippen LogP contribution < -0.4 is 4.74 Å². The highest BCUT2D eigenvalue weighted by Crippen LogP contribution is 3.02. The summed E-state index contributed by atoms with van der Waals surface area (Å²) in [5, 5.41) is 0. The smallest absolute Gasteiger partial charge is 0.310 e. The third-order valence-electron chi connectivity index (χ3n) is 2.20. The third kappa shape index (κ3) is 3.34. The number of carbonyl (C=O) groups excluding carboxylic acids is 1. The van der Waals surface area contributed by atoms with Crippen LogP contribution in [-0.4, -0.2) is 12.9 Å². The first kappa shape index (κ1) is 14.7. The number of hydrogen-bond donors (Lipinski definition) is 0. The Hall–Kier alpha value is -1.31. The van der Waals surface area contributed by atoms with Crippen molar-refractivity contribution in [1.29, 1.82) is 0 Å². The minimum atomic E-state index is -9.81. The molecule has 0 aromatic heterocycles. The van der Waals surface area contributed by atoms with E-state index < -0.39 is 32.2 Å². The Balaban J connectivity index is 3.54. The van der Waals surface area contributed by atoms with Crippen molar-refractivity contribution >= 4 is 16.0 Å². The zero-order valence-electron chi connectivity index (χ0n) is 9.55. The number of ketones is 1. The lowest BCUT2D eigenvalue weighted by atomic mass is 10.1. The molecule has 0 unspecified atom stereocenters. The second-order valence-corrected chi connectivity index (χ2v) is 6.05. The summed E-state index contributed by atoms with van der Waals surface area (Å²) >= 11 is 0. The Bertz CT molecular complexity index is 494. The largest absolute Gasteiger partial charge is 0.497 e. The standard InChI is InChI=1S/C10H11F5O2S/c1-3-10(16)7-4-8(17-2)6-9(5-7)18(11,12,13,14)15/h4-6H,3H2,1-2H3. The van der Waals surface area contributed by atoms with E-state index in [4.69, 9.17) is 0 Å². The van der Waals surface area contributed by atoms with Gasteiger partial charge in [-0.2, -0.15) is 0 Å². The fourth-order valence-corrected chi connectivity index (χ4v) is 1.97. The van der Waals surface area contributed by atoms with Crippen molar-refractivity contribution < 1.29 is 29.0 Å². The van der Waals surface area contributed by atoms with E-state index >= 15 is 0 Å². The van der Waals surface area contributed by atoms with Gasteiger partial charge in [0.1, 0.15) is 10.6 Å². The highest BCUT2D eigenvalue weighted by Gasteiger charge is 2.65. The predicted octanol–water partition coefficient (Wildman–Crippen LogP) is 4.95. The van der Waals surface area contributed by atoms with E-state index in [-0.39, 0.29) is 18.6 Å². The average molecular weight is 290 g/mol. The van der Waals surface area contributed by atoms with Crippen molar-refractivity contribution in [2.75, 3.05) is 7.11 Å². The van der Waals surface area contributed by atoms with Crippen molar-refractivity contribution in [2.45, 2.75) is 18.2 Å². The molecule has 0 spiro atoms. The lowest BCUT2D eigenvalue weighted by Crippen LogP contribution is -2.08. The maximum atomic E-state index is 12.6. The van der Waals surface area contributed by atoms with Gasteiger partial charge in [-0.25, -0.2) is 0 Å². The molecule has 0 amide bonds. The maximum absolute atomic E-state index is 12.6. The van der Waals surface area contributed by atoms with E-state index in [1.54, 1.807) is 0 Å². The van der Waals surface area contributed by atoms with Gasteiger partial charge in [-0.05, 0) is 12.1 Å². The lowest BCUT2D eigenvalue weighted by Gasteiger charge is -2.40. The fraction of sp³-hybridized carbons (Fsp3) is 0.300. The second kappa shape index (κ2) is 3.59. The molecular formula is C10H11F5O2S. The Morgan fingerprint density at radius 1 is 1.17 bits per heavy atom. The topological polar surface area (TPSA) is 26.3 Å². The van der Waals surface area contributed by atoms with Gasteiger partial charge in [-0.3, -0.25) is 4.79 Å². The molecule has 18 heavy (non-hydrogen) atoms. The number of rotatable bonds is 4. The van der Waals surface area contributed by atoms with E-state index in [9.17, 15) is 24.2 Å². The fourth-order valence-electron chi connectivity index (χ4n) is 1.28. The number of hydrogen-bond acceptors (Lipinski definition) is 2.